The smallest absolute Gasteiger partial charge is 0.104 e. The Kier molecular flexibility index (Phi) is 4.18. The summed E-state index contributed by atoms with van der Waals surface area (Å²) in [5, 5.41) is 10.2. The fourth-order valence-corrected chi connectivity index (χ4v) is 2.13. The Balaban J connectivity index is 2.23. The summed E-state index contributed by atoms with van der Waals surface area (Å²) >= 11 is 2.26. The Morgan fingerprint density at radius 3 is 1.88 bits per heavy atom. The number of aliphatic hydroxyl groups is 1. The molecule has 0 fully saturated rings. The second kappa shape index (κ2) is 5.65. The number of benzene rings is 2. The summed E-state index contributed by atoms with van der Waals surface area (Å²) in [4.78, 5) is 0. The molecule has 0 spiro atoms. The molecule has 0 aliphatic heterocycles. The van der Waals surface area contributed by atoms with Crippen LogP contribution < -0.4 is 0 Å². The summed E-state index contributed by atoms with van der Waals surface area (Å²) in [7, 11) is 0. The molecule has 0 saturated carbocycles. The molecule has 88 valence electrons. The zero-order chi connectivity index (χ0) is 12.3. The van der Waals surface area contributed by atoms with Gasteiger partial charge in [-0.2, -0.15) is 0 Å². The van der Waals surface area contributed by atoms with Gasteiger partial charge in [-0.15, -0.1) is 0 Å². The van der Waals surface area contributed by atoms with Gasteiger partial charge in [-0.1, -0.05) is 43.3 Å². The monoisotopic (exact) mass is 338 g/mol. The number of hydrogen-bond donors (Lipinski definition) is 1. The van der Waals surface area contributed by atoms with E-state index in [0.29, 0.717) is 0 Å². The van der Waals surface area contributed by atoms with Gasteiger partial charge in [0.1, 0.15) is 6.10 Å². The van der Waals surface area contributed by atoms with E-state index < -0.39 is 6.10 Å². The molecule has 2 aromatic rings. The Morgan fingerprint density at radius 2 is 1.41 bits per heavy atom. The molecule has 0 aromatic heterocycles. The summed E-state index contributed by atoms with van der Waals surface area (Å²) in [6.07, 6.45) is 0.498. The quantitative estimate of drug-likeness (QED) is 0.841. The van der Waals surface area contributed by atoms with Crippen LogP contribution >= 0.6 is 22.6 Å². The predicted octanol–water partition coefficient (Wildman–Crippen LogP) is 3.94. The number of halogens is 1. The number of aryl methyl sites for hydroxylation is 1. The largest absolute Gasteiger partial charge is 0.384 e. The minimum absolute atomic E-state index is 0.530. The van der Waals surface area contributed by atoms with Crippen molar-refractivity contribution >= 4 is 22.6 Å². The molecule has 1 N–H and O–H groups in total. The van der Waals surface area contributed by atoms with Gasteiger partial charge in [0.15, 0.2) is 0 Å². The van der Waals surface area contributed by atoms with Crippen LogP contribution in [0.3, 0.4) is 0 Å². The first kappa shape index (κ1) is 12.6. The van der Waals surface area contributed by atoms with Gasteiger partial charge >= 0.3 is 0 Å². The van der Waals surface area contributed by atoms with E-state index in [2.05, 4.69) is 41.6 Å². The Hall–Kier alpha value is -0.870. The van der Waals surface area contributed by atoms with Crippen molar-refractivity contribution in [3.8, 4) is 0 Å². The van der Waals surface area contributed by atoms with Crippen molar-refractivity contribution in [2.24, 2.45) is 0 Å². The fourth-order valence-electron chi connectivity index (χ4n) is 1.77. The molecule has 2 aromatic carbocycles. The van der Waals surface area contributed by atoms with Gasteiger partial charge in [0.25, 0.3) is 0 Å². The Morgan fingerprint density at radius 1 is 0.941 bits per heavy atom. The molecule has 1 nitrogen and oxygen atoms in total. The fraction of sp³-hybridized carbons (Fsp3) is 0.200. The third kappa shape index (κ3) is 3.07. The summed E-state index contributed by atoms with van der Waals surface area (Å²) in [5.74, 6) is 0. The Labute approximate surface area is 116 Å². The van der Waals surface area contributed by atoms with Crippen LogP contribution in [0.25, 0.3) is 0 Å². The first-order chi connectivity index (χ1) is 8.20. The minimum Gasteiger partial charge on any atom is -0.384 e. The van der Waals surface area contributed by atoms with E-state index in [1.807, 2.05) is 36.4 Å². The van der Waals surface area contributed by atoms with Gasteiger partial charge in [-0.3, -0.25) is 0 Å². The highest BCUT2D eigenvalue weighted by atomic mass is 127. The summed E-state index contributed by atoms with van der Waals surface area (Å²) in [6, 6.07) is 16.1. The van der Waals surface area contributed by atoms with Crippen LogP contribution in [-0.2, 0) is 6.42 Å². The zero-order valence-electron chi connectivity index (χ0n) is 9.73. The van der Waals surface area contributed by atoms with E-state index in [1.54, 1.807) is 0 Å². The SMILES string of the molecule is CCc1ccc(C(O)c2ccc(I)cc2)cc1. The van der Waals surface area contributed by atoms with Crippen LogP contribution in [0.4, 0.5) is 0 Å². The molecule has 2 rings (SSSR count). The highest BCUT2D eigenvalue weighted by molar-refractivity contribution is 14.1. The van der Waals surface area contributed by atoms with Crippen molar-refractivity contribution in [3.05, 3.63) is 68.8 Å². The summed E-state index contributed by atoms with van der Waals surface area (Å²) in [5.41, 5.74) is 3.18. The highest BCUT2D eigenvalue weighted by Gasteiger charge is 2.09. The molecule has 0 bridgehead atoms. The maximum Gasteiger partial charge on any atom is 0.104 e. The lowest BCUT2D eigenvalue weighted by Crippen LogP contribution is -1.99. The van der Waals surface area contributed by atoms with E-state index in [-0.39, 0.29) is 0 Å². The third-order valence-corrected chi connectivity index (χ3v) is 3.61. The van der Waals surface area contributed by atoms with Crippen LogP contribution in [0.1, 0.15) is 29.7 Å². The van der Waals surface area contributed by atoms with Gasteiger partial charge in [-0.05, 0) is 57.8 Å². The predicted molar refractivity (Wildman–Crippen MR) is 79.0 cm³/mol. The lowest BCUT2D eigenvalue weighted by Gasteiger charge is -2.12. The summed E-state index contributed by atoms with van der Waals surface area (Å²) < 4.78 is 1.18. The molecule has 17 heavy (non-hydrogen) atoms. The van der Waals surface area contributed by atoms with Crippen molar-refractivity contribution in [1.29, 1.82) is 0 Å². The van der Waals surface area contributed by atoms with Crippen molar-refractivity contribution in [2.75, 3.05) is 0 Å². The van der Waals surface area contributed by atoms with Crippen molar-refractivity contribution in [3.63, 3.8) is 0 Å². The number of rotatable bonds is 3. The highest BCUT2D eigenvalue weighted by Crippen LogP contribution is 2.22. The molecule has 1 atom stereocenters. The van der Waals surface area contributed by atoms with Crippen LogP contribution in [0.2, 0.25) is 0 Å². The number of aliphatic hydroxyl groups excluding tert-OH is 1. The average Bonchev–Trinajstić information content (AvgIpc) is 2.39. The van der Waals surface area contributed by atoms with Crippen LogP contribution in [-0.4, -0.2) is 5.11 Å². The van der Waals surface area contributed by atoms with Crippen LogP contribution in [0.5, 0.6) is 0 Å². The molecule has 0 saturated heterocycles. The molecular formula is C15H15IO. The van der Waals surface area contributed by atoms with E-state index in [0.717, 1.165) is 17.5 Å². The summed E-state index contributed by atoms with van der Waals surface area (Å²) in [6.45, 7) is 2.13. The van der Waals surface area contributed by atoms with Gasteiger partial charge in [0.2, 0.25) is 0 Å². The second-order valence-corrected chi connectivity index (χ2v) is 5.29. The topological polar surface area (TPSA) is 20.2 Å². The maximum absolute atomic E-state index is 10.2. The maximum atomic E-state index is 10.2. The van der Waals surface area contributed by atoms with E-state index in [1.165, 1.54) is 9.13 Å². The van der Waals surface area contributed by atoms with Gasteiger partial charge < -0.3 is 5.11 Å². The lowest BCUT2D eigenvalue weighted by molar-refractivity contribution is 0.220. The molecule has 2 heteroatoms. The van der Waals surface area contributed by atoms with Gasteiger partial charge in [0.05, 0.1) is 0 Å². The third-order valence-electron chi connectivity index (χ3n) is 2.89. The van der Waals surface area contributed by atoms with Crippen molar-refractivity contribution in [2.45, 2.75) is 19.4 Å². The van der Waals surface area contributed by atoms with E-state index in [4.69, 9.17) is 0 Å². The zero-order valence-corrected chi connectivity index (χ0v) is 11.9. The minimum atomic E-state index is -0.530. The standard InChI is InChI=1S/C15H15IO/c1-2-11-3-5-12(6-4-11)15(17)13-7-9-14(16)10-8-13/h3-10,15,17H,2H2,1H3. The molecule has 0 heterocycles. The molecule has 0 aliphatic carbocycles. The molecule has 0 amide bonds. The van der Waals surface area contributed by atoms with Gasteiger partial charge in [0, 0.05) is 3.57 Å². The average molecular weight is 338 g/mol. The number of hydrogen-bond acceptors (Lipinski definition) is 1. The van der Waals surface area contributed by atoms with Crippen LogP contribution in [0.15, 0.2) is 48.5 Å². The van der Waals surface area contributed by atoms with Crippen LogP contribution in [0, 0.1) is 3.57 Å². The lowest BCUT2D eigenvalue weighted by atomic mass is 10.00. The normalized spacial score (nSPS) is 12.4. The Bertz CT molecular complexity index is 473. The molecular weight excluding hydrogens is 323 g/mol. The first-order valence-corrected chi connectivity index (χ1v) is 6.81. The molecule has 0 radical (unpaired) electrons. The molecule has 0 aliphatic rings. The van der Waals surface area contributed by atoms with Crippen molar-refractivity contribution in [1.82, 2.24) is 0 Å². The van der Waals surface area contributed by atoms with E-state index in [9.17, 15) is 5.11 Å². The van der Waals surface area contributed by atoms with Crippen molar-refractivity contribution < 1.29 is 5.11 Å². The second-order valence-electron chi connectivity index (χ2n) is 4.05. The van der Waals surface area contributed by atoms with E-state index >= 15 is 0 Å². The van der Waals surface area contributed by atoms with Gasteiger partial charge in [-0.25, -0.2) is 0 Å². The molecule has 1 unspecified atom stereocenters. The first-order valence-electron chi connectivity index (χ1n) is 5.73.